The highest BCUT2D eigenvalue weighted by Crippen LogP contribution is 2.40. The molecule has 2 aromatic heterocycles. The van der Waals surface area contributed by atoms with E-state index in [9.17, 15) is 26.8 Å². The third-order valence-electron chi connectivity index (χ3n) is 5.41. The molecule has 0 unspecified atom stereocenters. The lowest BCUT2D eigenvalue weighted by Crippen LogP contribution is -2.51. The zero-order chi connectivity index (χ0) is 23.9. The third kappa shape index (κ3) is 4.49. The molecular formula is C20H19F2N5O5S. The van der Waals surface area contributed by atoms with Crippen LogP contribution in [0.25, 0.3) is 5.65 Å². The molecule has 10 nitrogen and oxygen atoms in total. The van der Waals surface area contributed by atoms with Crippen molar-refractivity contribution in [3.63, 3.8) is 0 Å². The second-order valence-corrected chi connectivity index (χ2v) is 9.34. The molecule has 174 valence electrons. The maximum atomic E-state index is 13.6. The van der Waals surface area contributed by atoms with Gasteiger partial charge in [-0.15, -0.1) is 0 Å². The minimum Gasteiger partial charge on any atom is -0.445 e. The van der Waals surface area contributed by atoms with Gasteiger partial charge in [-0.25, -0.2) is 31.5 Å². The molecule has 3 N–H and O–H groups in total. The number of anilines is 1. The summed E-state index contributed by atoms with van der Waals surface area (Å²) in [6, 6.07) is 8.93. The molecule has 0 saturated heterocycles. The van der Waals surface area contributed by atoms with Crippen LogP contribution in [0.15, 0.2) is 53.7 Å². The summed E-state index contributed by atoms with van der Waals surface area (Å²) in [5.74, 6) is -5.12. The van der Waals surface area contributed by atoms with Gasteiger partial charge in [0, 0.05) is 31.9 Å². The molecule has 1 saturated carbocycles. The Kier molecular flexibility index (Phi) is 5.52. The summed E-state index contributed by atoms with van der Waals surface area (Å²) in [5.41, 5.74) is 3.26. The largest absolute Gasteiger partial charge is 0.445 e. The normalized spacial score (nSPS) is 17.4. The van der Waals surface area contributed by atoms with E-state index in [2.05, 4.69) is 14.8 Å². The Labute approximate surface area is 186 Å². The molecule has 13 heteroatoms. The number of primary amides is 1. The van der Waals surface area contributed by atoms with Crippen molar-refractivity contribution >= 4 is 33.4 Å². The molecule has 0 atom stereocenters. The Bertz CT molecular complexity index is 1320. The number of esters is 1. The Balaban J connectivity index is 1.61. The van der Waals surface area contributed by atoms with Gasteiger partial charge in [-0.1, -0.05) is 18.2 Å². The van der Waals surface area contributed by atoms with Gasteiger partial charge in [-0.2, -0.15) is 5.10 Å². The highest BCUT2D eigenvalue weighted by molar-refractivity contribution is 7.92. The van der Waals surface area contributed by atoms with E-state index >= 15 is 0 Å². The van der Waals surface area contributed by atoms with Crippen LogP contribution in [0.4, 0.5) is 14.6 Å². The average Bonchev–Trinajstić information content (AvgIpc) is 3.19. The Hall–Kier alpha value is -3.61. The van der Waals surface area contributed by atoms with Crippen LogP contribution in [0.3, 0.4) is 0 Å². The fourth-order valence-corrected chi connectivity index (χ4v) is 4.54. The molecule has 3 aromatic rings. The summed E-state index contributed by atoms with van der Waals surface area (Å²) in [6.07, 6.45) is 0.341. The number of halogens is 2. The fraction of sp³-hybridized carbons (Fsp3) is 0.300. The van der Waals surface area contributed by atoms with Gasteiger partial charge in [0.2, 0.25) is 5.92 Å². The summed E-state index contributed by atoms with van der Waals surface area (Å²) in [4.78, 5) is 29.0. The van der Waals surface area contributed by atoms with Gasteiger partial charge >= 0.3 is 5.97 Å². The minimum absolute atomic E-state index is 0.0114. The summed E-state index contributed by atoms with van der Waals surface area (Å²) >= 11 is 0. The smallest absolute Gasteiger partial charge is 0.344 e. The molecule has 0 aliphatic heterocycles. The van der Waals surface area contributed by atoms with Gasteiger partial charge in [-0.3, -0.25) is 9.52 Å². The first-order valence-corrected chi connectivity index (χ1v) is 11.3. The lowest BCUT2D eigenvalue weighted by atomic mass is 9.82. The minimum atomic E-state index is -3.94. The van der Waals surface area contributed by atoms with Gasteiger partial charge < -0.3 is 10.5 Å². The number of alkyl halides is 2. The molecule has 0 radical (unpaired) electrons. The molecule has 1 aliphatic carbocycles. The van der Waals surface area contributed by atoms with Crippen molar-refractivity contribution in [2.45, 2.75) is 42.1 Å². The number of amides is 1. The van der Waals surface area contributed by atoms with E-state index in [-0.39, 0.29) is 21.9 Å². The molecule has 0 spiro atoms. The van der Waals surface area contributed by atoms with Crippen LogP contribution < -0.4 is 10.5 Å². The number of sulfonamides is 1. The number of rotatable bonds is 6. The van der Waals surface area contributed by atoms with Crippen molar-refractivity contribution in [1.82, 2.24) is 14.6 Å². The predicted octanol–water partition coefficient (Wildman–Crippen LogP) is 2.12. The predicted molar refractivity (Wildman–Crippen MR) is 111 cm³/mol. The number of benzene rings is 1. The Morgan fingerprint density at radius 2 is 1.76 bits per heavy atom. The zero-order valence-corrected chi connectivity index (χ0v) is 17.9. The summed E-state index contributed by atoms with van der Waals surface area (Å²) in [6.45, 7) is 0. The van der Waals surface area contributed by atoms with Gasteiger partial charge in [0.05, 0.1) is 11.1 Å². The maximum Gasteiger partial charge on any atom is 0.344 e. The van der Waals surface area contributed by atoms with Crippen molar-refractivity contribution in [3.8, 4) is 0 Å². The van der Waals surface area contributed by atoms with Gasteiger partial charge in [0.1, 0.15) is 11.4 Å². The second kappa shape index (κ2) is 8.06. The molecular weight excluding hydrogens is 460 g/mol. The quantitative estimate of drug-likeness (QED) is 0.515. The van der Waals surface area contributed by atoms with Crippen molar-refractivity contribution in [2.75, 3.05) is 4.72 Å². The summed E-state index contributed by atoms with van der Waals surface area (Å²) < 4.78 is 61.0. The molecule has 1 aromatic carbocycles. The van der Waals surface area contributed by atoms with E-state index in [1.165, 1.54) is 28.9 Å². The fourth-order valence-electron chi connectivity index (χ4n) is 3.52. The number of aromatic nitrogens is 3. The Morgan fingerprint density at radius 1 is 1.09 bits per heavy atom. The molecule has 1 amide bonds. The topological polar surface area (TPSA) is 146 Å². The lowest BCUT2D eigenvalue weighted by molar-refractivity contribution is -0.151. The maximum absolute atomic E-state index is 13.6. The van der Waals surface area contributed by atoms with Gasteiger partial charge in [0.15, 0.2) is 11.2 Å². The average molecular weight is 479 g/mol. The van der Waals surface area contributed by atoms with Crippen LogP contribution in [0.1, 0.15) is 36.0 Å². The van der Waals surface area contributed by atoms with Crippen molar-refractivity contribution in [2.24, 2.45) is 5.73 Å². The second-order valence-electron chi connectivity index (χ2n) is 7.66. The Morgan fingerprint density at radius 3 is 2.39 bits per heavy atom. The molecule has 33 heavy (non-hydrogen) atoms. The van der Waals surface area contributed by atoms with Crippen LogP contribution in [0.5, 0.6) is 0 Å². The van der Waals surface area contributed by atoms with E-state index in [1.807, 2.05) is 0 Å². The summed E-state index contributed by atoms with van der Waals surface area (Å²) in [7, 11) is -3.94. The SMILES string of the molecule is NC(=O)C1(OC(=O)c2cnn3ccc(NS(=O)(=O)c4ccccc4)nc23)CCC(F)(F)CC1. The number of carbonyl (C=O) groups is 2. The van der Waals surface area contributed by atoms with Crippen LogP contribution in [0, 0.1) is 0 Å². The van der Waals surface area contributed by atoms with Crippen LogP contribution in [0.2, 0.25) is 0 Å². The molecule has 1 fully saturated rings. The van der Waals surface area contributed by atoms with E-state index in [0.717, 1.165) is 6.20 Å². The first-order chi connectivity index (χ1) is 15.5. The molecule has 2 heterocycles. The standard InChI is InChI=1S/C20H19F2N5O5S/c21-20(22)9-7-19(8-10-20,18(23)29)32-17(28)14-12-24-27-11-6-15(25-16(14)27)26-33(30,31)13-4-2-1-3-5-13/h1-6,11-12H,7-10H2,(H2,23,29)(H,25,26). The van der Waals surface area contributed by atoms with Crippen molar-refractivity contribution in [3.05, 3.63) is 54.4 Å². The number of hydrogen-bond donors (Lipinski definition) is 2. The number of hydrogen-bond acceptors (Lipinski definition) is 7. The monoisotopic (exact) mass is 479 g/mol. The highest BCUT2D eigenvalue weighted by Gasteiger charge is 2.50. The number of carbonyl (C=O) groups excluding carboxylic acids is 2. The van der Waals surface area contributed by atoms with E-state index < -0.39 is 59.1 Å². The molecule has 0 bridgehead atoms. The number of nitrogens with one attached hydrogen (secondary N) is 1. The van der Waals surface area contributed by atoms with Crippen molar-refractivity contribution in [1.29, 1.82) is 0 Å². The van der Waals surface area contributed by atoms with Crippen LogP contribution >= 0.6 is 0 Å². The first kappa shape index (κ1) is 22.6. The van der Waals surface area contributed by atoms with Crippen LogP contribution in [-0.4, -0.2) is 46.4 Å². The zero-order valence-electron chi connectivity index (χ0n) is 17.1. The van der Waals surface area contributed by atoms with Crippen molar-refractivity contribution < 1.29 is 31.5 Å². The van der Waals surface area contributed by atoms with Crippen LogP contribution in [-0.2, 0) is 19.6 Å². The van der Waals surface area contributed by atoms with E-state index in [1.54, 1.807) is 18.2 Å². The summed E-state index contributed by atoms with van der Waals surface area (Å²) in [5, 5.41) is 3.96. The van der Waals surface area contributed by atoms with Gasteiger partial charge in [-0.05, 0) is 18.2 Å². The first-order valence-electron chi connectivity index (χ1n) is 9.85. The lowest BCUT2D eigenvalue weighted by Gasteiger charge is -2.36. The number of fused-ring (bicyclic) bond motifs is 1. The van der Waals surface area contributed by atoms with E-state index in [0.29, 0.717) is 0 Å². The number of ether oxygens (including phenoxy) is 1. The number of nitrogens with zero attached hydrogens (tertiary/aromatic N) is 3. The molecule has 1 aliphatic rings. The highest BCUT2D eigenvalue weighted by atomic mass is 32.2. The van der Waals surface area contributed by atoms with E-state index in [4.69, 9.17) is 10.5 Å². The van der Waals surface area contributed by atoms with Gasteiger partial charge in [0.25, 0.3) is 15.9 Å². The number of nitrogens with two attached hydrogens (primary N) is 1. The molecule has 4 rings (SSSR count). The third-order valence-corrected chi connectivity index (χ3v) is 6.78.